The molecule has 2 N–H and O–H groups in total. The van der Waals surface area contributed by atoms with Gasteiger partial charge in [-0.2, -0.15) is 10.5 Å². The van der Waals surface area contributed by atoms with Crippen molar-refractivity contribution in [3.8, 4) is 12.1 Å². The van der Waals surface area contributed by atoms with Gasteiger partial charge < -0.3 is 34.6 Å². The number of ether oxygens (including phenoxy) is 2. The van der Waals surface area contributed by atoms with Crippen LogP contribution in [0.4, 0.5) is 0 Å². The number of carbonyl (C=O) groups is 4. The zero-order valence-electron chi connectivity index (χ0n) is 33.3. The van der Waals surface area contributed by atoms with Gasteiger partial charge in [0.1, 0.15) is 34.7 Å². The van der Waals surface area contributed by atoms with Gasteiger partial charge in [-0.05, 0) is 76.9 Å². The minimum Gasteiger partial charge on any atom is -0.477 e. The number of amides is 1. The zero-order chi connectivity index (χ0) is 40.7. The van der Waals surface area contributed by atoms with Crippen LogP contribution in [0.3, 0.4) is 0 Å². The van der Waals surface area contributed by atoms with Crippen molar-refractivity contribution < 1.29 is 33.8 Å². The third-order valence-corrected chi connectivity index (χ3v) is 10.5. The maximum absolute atomic E-state index is 12.5. The van der Waals surface area contributed by atoms with Crippen LogP contribution in [0.2, 0.25) is 0 Å². The monoisotopic (exact) mass is 790 g/mol. The number of aromatic nitrogens is 2. The summed E-state index contributed by atoms with van der Waals surface area (Å²) in [4.78, 5) is 62.1. The fraction of sp³-hybridized carbons (Fsp3) is 0.500. The highest BCUT2D eigenvalue weighted by Gasteiger charge is 2.37. The van der Waals surface area contributed by atoms with Crippen molar-refractivity contribution in [2.45, 2.75) is 63.6 Å². The Hall–Kier alpha value is -5.19. The molecular weight excluding hydrogens is 740 g/mol. The Morgan fingerprint density at radius 3 is 1.46 bits per heavy atom. The van der Waals surface area contributed by atoms with E-state index in [0.717, 1.165) is 36.8 Å². The van der Waals surface area contributed by atoms with E-state index in [1.165, 1.54) is 17.2 Å². The van der Waals surface area contributed by atoms with E-state index in [1.807, 2.05) is 32.0 Å². The molecule has 16 heteroatoms. The molecule has 0 bridgehead atoms. The average Bonchev–Trinajstić information content (AvgIpc) is 3.17. The van der Waals surface area contributed by atoms with Gasteiger partial charge in [-0.15, -0.1) is 12.4 Å². The summed E-state index contributed by atoms with van der Waals surface area (Å²) in [7, 11) is 10.5. The van der Waals surface area contributed by atoms with Crippen LogP contribution in [0.15, 0.2) is 35.7 Å². The minimum atomic E-state index is -1.14. The molecule has 4 aliphatic rings. The second-order valence-electron chi connectivity index (χ2n) is 14.6. The third-order valence-electron chi connectivity index (χ3n) is 10.5. The number of aromatic carboxylic acids is 1. The minimum absolute atomic E-state index is 0. The van der Waals surface area contributed by atoms with Gasteiger partial charge in [0.15, 0.2) is 11.6 Å². The van der Waals surface area contributed by atoms with Crippen molar-refractivity contribution in [3.05, 3.63) is 69.3 Å². The van der Waals surface area contributed by atoms with Crippen LogP contribution < -0.4 is 5.32 Å². The van der Waals surface area contributed by atoms with Crippen LogP contribution in [0.5, 0.6) is 0 Å². The van der Waals surface area contributed by atoms with Gasteiger partial charge >= 0.3 is 5.97 Å². The summed E-state index contributed by atoms with van der Waals surface area (Å²) in [6.45, 7) is 6.72. The van der Waals surface area contributed by atoms with E-state index in [1.54, 1.807) is 40.6 Å². The molecule has 0 radical (unpaired) electrons. The maximum atomic E-state index is 12.5. The topological polar surface area (TPSA) is 202 Å². The smallest absolute Gasteiger partial charge is 0.354 e. The Morgan fingerprint density at radius 2 is 1.14 bits per heavy atom. The predicted molar refractivity (Wildman–Crippen MR) is 211 cm³/mol. The van der Waals surface area contributed by atoms with Crippen molar-refractivity contribution in [3.63, 3.8) is 0 Å². The predicted octanol–water partition coefficient (Wildman–Crippen LogP) is 3.54. The molecular formula is C40H51ClN8O7. The molecule has 56 heavy (non-hydrogen) atoms. The number of carboxylic acids is 1. The number of piperidine rings is 2. The summed E-state index contributed by atoms with van der Waals surface area (Å²) in [5.74, 6) is -1.80. The first-order chi connectivity index (χ1) is 26.1. The van der Waals surface area contributed by atoms with Gasteiger partial charge in [-0.3, -0.25) is 19.4 Å². The molecule has 15 nitrogen and oxygen atoms in total. The number of nitriles is 2. The quantitative estimate of drug-likeness (QED) is 0.430. The summed E-state index contributed by atoms with van der Waals surface area (Å²) >= 11 is 0. The van der Waals surface area contributed by atoms with Crippen molar-refractivity contribution in [1.29, 1.82) is 10.5 Å². The molecule has 2 aromatic heterocycles. The second kappa shape index (κ2) is 19.1. The number of likely N-dealkylation sites (tertiary alicyclic amines) is 2. The Kier molecular flexibility index (Phi) is 15.4. The van der Waals surface area contributed by atoms with Crippen molar-refractivity contribution >= 4 is 47.2 Å². The van der Waals surface area contributed by atoms with Crippen LogP contribution in [0, 0.1) is 22.7 Å². The third kappa shape index (κ3) is 9.78. The highest BCUT2D eigenvalue weighted by atomic mass is 35.5. The Bertz CT molecular complexity index is 1980. The molecule has 0 atom stereocenters. The van der Waals surface area contributed by atoms with Crippen LogP contribution >= 0.6 is 12.4 Å². The molecule has 0 unspecified atom stereocenters. The lowest BCUT2D eigenvalue weighted by Gasteiger charge is -2.41. The molecule has 0 aromatic carbocycles. The van der Waals surface area contributed by atoms with E-state index < -0.39 is 5.97 Å². The fourth-order valence-electron chi connectivity index (χ4n) is 6.91. The molecule has 6 rings (SSSR count). The first-order valence-electron chi connectivity index (χ1n) is 18.1. The van der Waals surface area contributed by atoms with Crippen molar-refractivity contribution in [2.75, 3.05) is 68.6 Å². The lowest BCUT2D eigenvalue weighted by molar-refractivity contribution is -0.115. The second-order valence-corrected chi connectivity index (χ2v) is 14.6. The Balaban J connectivity index is 0.000000277. The molecule has 1 amide bonds. The molecule has 2 saturated heterocycles. The average molecular weight is 791 g/mol. The van der Waals surface area contributed by atoms with E-state index in [-0.39, 0.29) is 70.8 Å². The number of hydrogen-bond acceptors (Lipinski definition) is 13. The fourth-order valence-corrected chi connectivity index (χ4v) is 6.91. The largest absolute Gasteiger partial charge is 0.477 e. The van der Waals surface area contributed by atoms with Gasteiger partial charge in [0.05, 0.1) is 22.6 Å². The van der Waals surface area contributed by atoms with Crippen LogP contribution in [-0.4, -0.2) is 133 Å². The highest BCUT2D eigenvalue weighted by molar-refractivity contribution is 6.11. The molecule has 2 aliphatic heterocycles. The number of nitrogens with zero attached hydrogens (tertiary/aromatic N) is 7. The summed E-state index contributed by atoms with van der Waals surface area (Å²) < 4.78 is 11.1. The van der Waals surface area contributed by atoms with Gasteiger partial charge in [-0.1, -0.05) is 0 Å². The number of pyridine rings is 2. The number of Topliss-reactive ketones (excluding diaryl/α,β-unsaturated/α-hetero) is 2. The number of halogens is 1. The van der Waals surface area contributed by atoms with Crippen LogP contribution in [0.1, 0.15) is 82.8 Å². The molecule has 0 spiro atoms. The number of hydrogen-bond donors (Lipinski definition) is 2. The van der Waals surface area contributed by atoms with Crippen molar-refractivity contribution in [1.82, 2.24) is 30.0 Å². The SMILES string of the molecule is CNC.COC1(C)CCN(C2=C(C#N)C(=O)Cc3cnc(C(=O)N(C)C)cc32)CC1.COC1(C)CCN(C2=C(C#N)C(=O)Cc3cnc(C(=O)O)cc32)CC1.Cl. The molecule has 2 aliphatic carbocycles. The number of rotatable bonds is 6. The Labute approximate surface area is 334 Å². The number of nitrogens with one attached hydrogen (secondary N) is 1. The van der Waals surface area contributed by atoms with E-state index >= 15 is 0 Å². The van der Waals surface area contributed by atoms with Gasteiger partial charge in [0.2, 0.25) is 0 Å². The highest BCUT2D eigenvalue weighted by Crippen LogP contribution is 2.38. The molecule has 0 saturated carbocycles. The number of carbonyl (C=O) groups excluding carboxylic acids is 3. The Morgan fingerprint density at radius 1 is 0.786 bits per heavy atom. The number of ketones is 2. The van der Waals surface area contributed by atoms with E-state index in [9.17, 15) is 34.8 Å². The van der Waals surface area contributed by atoms with E-state index in [4.69, 9.17) is 9.47 Å². The van der Waals surface area contributed by atoms with Gasteiger partial charge in [0, 0.05) is 90.9 Å². The first-order valence-corrected chi connectivity index (χ1v) is 18.1. The standard InChI is InChI=1S/C20H24N4O3.C18H19N3O4.C2H7N.ClH/c1-20(27-4)5-7-24(8-6-20)18-14-10-16(19(26)23(2)3)22-12-13(14)9-17(25)15(18)11-21;1-18(25-2)3-5-21(6-4-18)16-12-8-14(17(23)24)20-10-11(12)7-15(22)13(16)9-19;1-3-2;/h10,12H,5-9H2,1-4H3;8,10H,3-7H2,1-2H3,(H,23,24);3H,1-2H3;1H. The van der Waals surface area contributed by atoms with Crippen LogP contribution in [-0.2, 0) is 31.9 Å². The van der Waals surface area contributed by atoms with Crippen molar-refractivity contribution in [2.24, 2.45) is 0 Å². The van der Waals surface area contributed by atoms with E-state index in [0.29, 0.717) is 54.4 Å². The van der Waals surface area contributed by atoms with Crippen LogP contribution in [0.25, 0.3) is 11.4 Å². The molecule has 2 aromatic rings. The zero-order valence-corrected chi connectivity index (χ0v) is 34.1. The summed E-state index contributed by atoms with van der Waals surface area (Å²) in [6.07, 6.45) is 6.31. The molecule has 4 heterocycles. The van der Waals surface area contributed by atoms with E-state index in [2.05, 4.69) is 33.2 Å². The number of allylic oxidation sites excluding steroid dienone is 2. The number of fused-ring (bicyclic) bond motifs is 2. The summed E-state index contributed by atoms with van der Waals surface area (Å²) in [6, 6.07) is 7.27. The first kappa shape index (κ1) is 45.2. The summed E-state index contributed by atoms with van der Waals surface area (Å²) in [5, 5.41) is 31.1. The molecule has 2 fully saturated rings. The lowest BCUT2D eigenvalue weighted by atomic mass is 9.86. The maximum Gasteiger partial charge on any atom is 0.354 e. The van der Waals surface area contributed by atoms with Gasteiger partial charge in [0.25, 0.3) is 5.91 Å². The molecule has 300 valence electrons. The normalized spacial score (nSPS) is 18.0. The lowest BCUT2D eigenvalue weighted by Crippen LogP contribution is -2.43. The summed E-state index contributed by atoms with van der Waals surface area (Å²) in [5.41, 5.74) is 3.97. The number of methoxy groups -OCH3 is 2. The van der Waals surface area contributed by atoms with Gasteiger partial charge in [-0.25, -0.2) is 9.78 Å². The number of carboxylic acid groups (broad SMARTS) is 1.